The number of carbonyl (C=O) groups is 1. The van der Waals surface area contributed by atoms with Gasteiger partial charge in [0.2, 0.25) is 5.91 Å². The summed E-state index contributed by atoms with van der Waals surface area (Å²) in [5.74, 6) is 0.0713. The van der Waals surface area contributed by atoms with Crippen LogP contribution in [0.5, 0.6) is 0 Å². The van der Waals surface area contributed by atoms with Crippen LogP contribution in [0.2, 0.25) is 0 Å². The van der Waals surface area contributed by atoms with Gasteiger partial charge < -0.3 is 5.32 Å². The third kappa shape index (κ3) is 3.49. The lowest BCUT2D eigenvalue weighted by Gasteiger charge is -2.49. The van der Waals surface area contributed by atoms with E-state index in [1.54, 1.807) is 0 Å². The van der Waals surface area contributed by atoms with Crippen molar-refractivity contribution in [3.63, 3.8) is 0 Å². The van der Waals surface area contributed by atoms with Crippen molar-refractivity contribution in [1.82, 2.24) is 19.6 Å². The first-order valence-corrected chi connectivity index (χ1v) is 9.31. The van der Waals surface area contributed by atoms with Crippen molar-refractivity contribution in [3.05, 3.63) is 11.4 Å². The van der Waals surface area contributed by atoms with Gasteiger partial charge in [-0.2, -0.15) is 5.10 Å². The molecule has 2 fully saturated rings. The SMILES string of the molecule is CCn1nc(C)c(NC(=O)CN2CC(N3CCCC[C@@H]3C)C2)c1C. The summed E-state index contributed by atoms with van der Waals surface area (Å²) >= 11 is 0. The van der Waals surface area contributed by atoms with Crippen molar-refractivity contribution < 1.29 is 4.79 Å². The van der Waals surface area contributed by atoms with Gasteiger partial charge in [0.1, 0.15) is 0 Å². The summed E-state index contributed by atoms with van der Waals surface area (Å²) in [6.07, 6.45) is 4.00. The average molecular weight is 333 g/mol. The van der Waals surface area contributed by atoms with E-state index in [1.165, 1.54) is 25.8 Å². The van der Waals surface area contributed by atoms with Gasteiger partial charge in [-0.3, -0.25) is 19.3 Å². The molecule has 3 rings (SSSR count). The number of aromatic nitrogens is 2. The molecular formula is C18H31N5O. The van der Waals surface area contributed by atoms with Crippen LogP contribution in [0.15, 0.2) is 0 Å². The zero-order valence-corrected chi connectivity index (χ0v) is 15.5. The van der Waals surface area contributed by atoms with Crippen LogP contribution >= 0.6 is 0 Å². The number of amides is 1. The molecule has 3 heterocycles. The predicted octanol–water partition coefficient (Wildman–Crippen LogP) is 2.02. The summed E-state index contributed by atoms with van der Waals surface area (Å²) in [5, 5.41) is 7.52. The summed E-state index contributed by atoms with van der Waals surface area (Å²) in [6, 6.07) is 1.34. The van der Waals surface area contributed by atoms with Gasteiger partial charge in [0.15, 0.2) is 0 Å². The normalized spacial score (nSPS) is 23.2. The Hall–Kier alpha value is -1.40. The van der Waals surface area contributed by atoms with Crippen LogP contribution in [-0.2, 0) is 11.3 Å². The highest BCUT2D eigenvalue weighted by Gasteiger charge is 2.35. The lowest BCUT2D eigenvalue weighted by atomic mass is 9.97. The number of aryl methyl sites for hydroxylation is 2. The van der Waals surface area contributed by atoms with E-state index in [-0.39, 0.29) is 5.91 Å². The molecule has 24 heavy (non-hydrogen) atoms. The lowest BCUT2D eigenvalue weighted by molar-refractivity contribution is -0.119. The summed E-state index contributed by atoms with van der Waals surface area (Å²) in [6.45, 7) is 12.9. The van der Waals surface area contributed by atoms with Crippen molar-refractivity contribution in [2.24, 2.45) is 0 Å². The molecule has 0 aliphatic carbocycles. The minimum Gasteiger partial charge on any atom is -0.322 e. The molecule has 1 N–H and O–H groups in total. The largest absolute Gasteiger partial charge is 0.322 e. The van der Waals surface area contributed by atoms with Crippen LogP contribution in [0.25, 0.3) is 0 Å². The highest BCUT2D eigenvalue weighted by molar-refractivity contribution is 5.93. The maximum absolute atomic E-state index is 12.4. The summed E-state index contributed by atoms with van der Waals surface area (Å²) < 4.78 is 1.93. The molecule has 2 saturated heterocycles. The van der Waals surface area contributed by atoms with Gasteiger partial charge in [0, 0.05) is 31.7 Å². The molecule has 2 aliphatic rings. The zero-order valence-electron chi connectivity index (χ0n) is 15.5. The molecule has 0 radical (unpaired) electrons. The maximum Gasteiger partial charge on any atom is 0.238 e. The number of likely N-dealkylation sites (tertiary alicyclic amines) is 2. The van der Waals surface area contributed by atoms with E-state index in [1.807, 2.05) is 18.5 Å². The zero-order chi connectivity index (χ0) is 17.3. The van der Waals surface area contributed by atoms with Crippen molar-refractivity contribution >= 4 is 11.6 Å². The van der Waals surface area contributed by atoms with Crippen LogP contribution in [0.1, 0.15) is 44.5 Å². The maximum atomic E-state index is 12.4. The standard InChI is InChI=1S/C18H31N5O/c1-5-23-15(4)18(14(3)20-23)19-17(24)12-21-10-16(11-21)22-9-7-6-8-13(22)2/h13,16H,5-12H2,1-4H3,(H,19,24)/t13-/m0/s1. The van der Waals surface area contributed by atoms with E-state index in [4.69, 9.17) is 0 Å². The molecule has 134 valence electrons. The second kappa shape index (κ2) is 7.23. The van der Waals surface area contributed by atoms with Crippen LogP contribution in [0.4, 0.5) is 5.69 Å². The number of hydrogen-bond donors (Lipinski definition) is 1. The molecule has 1 aromatic rings. The van der Waals surface area contributed by atoms with Crippen molar-refractivity contribution in [2.75, 3.05) is 31.5 Å². The fraction of sp³-hybridized carbons (Fsp3) is 0.778. The summed E-state index contributed by atoms with van der Waals surface area (Å²) in [5.41, 5.74) is 2.81. The number of hydrogen-bond acceptors (Lipinski definition) is 4. The number of nitrogens with zero attached hydrogens (tertiary/aromatic N) is 4. The third-order valence-corrected chi connectivity index (χ3v) is 5.57. The van der Waals surface area contributed by atoms with E-state index in [0.717, 1.165) is 36.7 Å². The molecular weight excluding hydrogens is 302 g/mol. The number of carbonyl (C=O) groups excluding carboxylic acids is 1. The lowest BCUT2D eigenvalue weighted by Crippen LogP contribution is -2.63. The van der Waals surface area contributed by atoms with Crippen molar-refractivity contribution in [3.8, 4) is 0 Å². The molecule has 1 atom stereocenters. The van der Waals surface area contributed by atoms with E-state index in [2.05, 4.69) is 34.1 Å². The minimum atomic E-state index is 0.0713. The third-order valence-electron chi connectivity index (χ3n) is 5.57. The van der Waals surface area contributed by atoms with Gasteiger partial charge in [-0.05, 0) is 47.1 Å². The number of piperidine rings is 1. The Morgan fingerprint density at radius 3 is 2.67 bits per heavy atom. The van der Waals surface area contributed by atoms with Gasteiger partial charge in [-0.1, -0.05) is 6.42 Å². The second-order valence-corrected chi connectivity index (χ2v) is 7.34. The monoisotopic (exact) mass is 333 g/mol. The van der Waals surface area contributed by atoms with Gasteiger partial charge >= 0.3 is 0 Å². The molecule has 1 amide bonds. The van der Waals surface area contributed by atoms with E-state index in [0.29, 0.717) is 18.6 Å². The van der Waals surface area contributed by atoms with Gasteiger partial charge in [0.25, 0.3) is 0 Å². The molecule has 6 nitrogen and oxygen atoms in total. The highest BCUT2D eigenvalue weighted by atomic mass is 16.2. The second-order valence-electron chi connectivity index (χ2n) is 7.34. The smallest absolute Gasteiger partial charge is 0.238 e. The Bertz CT molecular complexity index is 590. The Labute approximate surface area is 145 Å². The fourth-order valence-electron chi connectivity index (χ4n) is 4.11. The van der Waals surface area contributed by atoms with Gasteiger partial charge in [-0.25, -0.2) is 0 Å². The first-order valence-electron chi connectivity index (χ1n) is 9.31. The van der Waals surface area contributed by atoms with E-state index in [9.17, 15) is 4.79 Å². The first kappa shape index (κ1) is 17.4. The highest BCUT2D eigenvalue weighted by Crippen LogP contribution is 2.24. The molecule has 0 bridgehead atoms. The molecule has 0 unspecified atom stereocenters. The van der Waals surface area contributed by atoms with Crippen LogP contribution < -0.4 is 5.32 Å². The van der Waals surface area contributed by atoms with Crippen LogP contribution in [0.3, 0.4) is 0 Å². The Morgan fingerprint density at radius 1 is 1.29 bits per heavy atom. The molecule has 1 aromatic heterocycles. The van der Waals surface area contributed by atoms with Gasteiger partial charge in [-0.15, -0.1) is 0 Å². The van der Waals surface area contributed by atoms with E-state index < -0.39 is 0 Å². The molecule has 2 aliphatic heterocycles. The number of anilines is 1. The Morgan fingerprint density at radius 2 is 2.04 bits per heavy atom. The van der Waals surface area contributed by atoms with Crippen molar-refractivity contribution in [2.45, 2.75) is 65.6 Å². The quantitative estimate of drug-likeness (QED) is 0.896. The Balaban J connectivity index is 1.48. The molecule has 6 heteroatoms. The molecule has 0 aromatic carbocycles. The summed E-state index contributed by atoms with van der Waals surface area (Å²) in [4.78, 5) is 17.2. The fourth-order valence-corrected chi connectivity index (χ4v) is 4.11. The summed E-state index contributed by atoms with van der Waals surface area (Å²) in [7, 11) is 0. The molecule has 0 spiro atoms. The minimum absolute atomic E-state index is 0.0713. The first-order chi connectivity index (χ1) is 11.5. The number of rotatable bonds is 5. The van der Waals surface area contributed by atoms with E-state index >= 15 is 0 Å². The Kier molecular flexibility index (Phi) is 5.25. The predicted molar refractivity (Wildman–Crippen MR) is 96.3 cm³/mol. The topological polar surface area (TPSA) is 53.4 Å². The van der Waals surface area contributed by atoms with Crippen molar-refractivity contribution in [1.29, 1.82) is 0 Å². The van der Waals surface area contributed by atoms with Gasteiger partial charge in [0.05, 0.1) is 23.6 Å². The van der Waals surface area contributed by atoms with Crippen LogP contribution in [-0.4, -0.2) is 63.8 Å². The number of nitrogens with one attached hydrogen (secondary N) is 1. The molecule has 0 saturated carbocycles. The van der Waals surface area contributed by atoms with Crippen LogP contribution in [0, 0.1) is 13.8 Å². The average Bonchev–Trinajstić information content (AvgIpc) is 2.79.